The van der Waals surface area contributed by atoms with Gasteiger partial charge in [-0.1, -0.05) is 33.6 Å². The van der Waals surface area contributed by atoms with Gasteiger partial charge in [0.15, 0.2) is 0 Å². The molecule has 0 rings (SSSR count). The number of halogens is 1. The number of hydrogen-bond donors (Lipinski definition) is 0. The maximum Gasteiger partial charge on any atom is 0.232 e. The van der Waals surface area contributed by atoms with Gasteiger partial charge in [0, 0.05) is 17.2 Å². The van der Waals surface area contributed by atoms with E-state index in [1.165, 1.54) is 12.8 Å². The molecule has 0 aliphatic rings. The number of nitrogens with zero attached hydrogens (tertiary/aromatic N) is 1. The van der Waals surface area contributed by atoms with Crippen LogP contribution in [0.3, 0.4) is 0 Å². The van der Waals surface area contributed by atoms with Crippen molar-refractivity contribution in [1.82, 2.24) is 4.90 Å². The fraction of sp³-hybridized carbons (Fsp3) is 1.00. The van der Waals surface area contributed by atoms with E-state index < -0.39 is 9.05 Å². The lowest BCUT2D eigenvalue weighted by atomic mass is 10.0. The maximum absolute atomic E-state index is 10.8. The van der Waals surface area contributed by atoms with Crippen LogP contribution in [0, 0.1) is 5.92 Å². The van der Waals surface area contributed by atoms with Crippen molar-refractivity contribution >= 4 is 19.7 Å². The van der Waals surface area contributed by atoms with Crippen molar-refractivity contribution in [2.45, 2.75) is 40.0 Å². The Morgan fingerprint density at radius 1 is 1.19 bits per heavy atom. The second kappa shape index (κ2) is 8.31. The summed E-state index contributed by atoms with van der Waals surface area (Å²) in [7, 11) is 1.85. The molecule has 0 aliphatic heterocycles. The summed E-state index contributed by atoms with van der Waals surface area (Å²) in [5.41, 5.74) is 0. The molecule has 0 aromatic rings. The third-order valence-electron chi connectivity index (χ3n) is 2.98. The van der Waals surface area contributed by atoms with Gasteiger partial charge in [0.05, 0.1) is 5.75 Å². The third kappa shape index (κ3) is 8.36. The van der Waals surface area contributed by atoms with Crippen molar-refractivity contribution < 1.29 is 8.42 Å². The molecule has 0 saturated heterocycles. The Balaban J connectivity index is 3.92. The van der Waals surface area contributed by atoms with E-state index >= 15 is 0 Å². The van der Waals surface area contributed by atoms with Crippen molar-refractivity contribution in [3.63, 3.8) is 0 Å². The molecule has 0 bridgehead atoms. The van der Waals surface area contributed by atoms with Gasteiger partial charge < -0.3 is 4.90 Å². The zero-order valence-corrected chi connectivity index (χ0v) is 12.1. The fourth-order valence-corrected chi connectivity index (χ4v) is 2.55. The Kier molecular flexibility index (Phi) is 8.42. The zero-order chi connectivity index (χ0) is 12.6. The van der Waals surface area contributed by atoms with E-state index in [0.29, 0.717) is 12.3 Å². The van der Waals surface area contributed by atoms with Crippen LogP contribution in [0.2, 0.25) is 0 Å². The Morgan fingerprint density at radius 2 is 1.75 bits per heavy atom. The first-order valence-electron chi connectivity index (χ1n) is 6.07. The van der Waals surface area contributed by atoms with Crippen molar-refractivity contribution in [2.24, 2.45) is 5.92 Å². The molecule has 0 amide bonds. The van der Waals surface area contributed by atoms with Gasteiger partial charge >= 0.3 is 0 Å². The minimum absolute atomic E-state index is 0.0774. The Hall–Kier alpha value is 0.200. The first-order valence-corrected chi connectivity index (χ1v) is 8.55. The molecule has 3 nitrogen and oxygen atoms in total. The van der Waals surface area contributed by atoms with Crippen molar-refractivity contribution in [2.75, 3.05) is 25.4 Å². The third-order valence-corrected chi connectivity index (χ3v) is 4.22. The van der Waals surface area contributed by atoms with Crippen LogP contribution in [0.4, 0.5) is 0 Å². The largest absolute Gasteiger partial charge is 0.303 e. The predicted octanol–water partition coefficient (Wildman–Crippen LogP) is 2.70. The minimum Gasteiger partial charge on any atom is -0.303 e. The summed E-state index contributed by atoms with van der Waals surface area (Å²) >= 11 is 0. The fourth-order valence-electron chi connectivity index (χ4n) is 1.75. The normalized spacial score (nSPS) is 12.6. The monoisotopic (exact) mass is 269 g/mol. The highest BCUT2D eigenvalue weighted by Crippen LogP contribution is 2.10. The lowest BCUT2D eigenvalue weighted by Gasteiger charge is -2.24. The zero-order valence-electron chi connectivity index (χ0n) is 10.6. The standard InChI is InChI=1S/C11H24ClNO2S/c1-4-11(5-2)10-13(6-3)8-7-9-16(12,14)15/h11H,4-10H2,1-3H3. The molecule has 98 valence electrons. The van der Waals surface area contributed by atoms with Gasteiger partial charge in [0.2, 0.25) is 9.05 Å². The van der Waals surface area contributed by atoms with Crippen molar-refractivity contribution in [1.29, 1.82) is 0 Å². The van der Waals surface area contributed by atoms with Crippen LogP contribution < -0.4 is 0 Å². The van der Waals surface area contributed by atoms with E-state index in [1.54, 1.807) is 0 Å². The van der Waals surface area contributed by atoms with Crippen molar-refractivity contribution in [3.8, 4) is 0 Å². The van der Waals surface area contributed by atoms with Gasteiger partial charge in [-0.15, -0.1) is 0 Å². The summed E-state index contributed by atoms with van der Waals surface area (Å²) in [5, 5.41) is 0. The van der Waals surface area contributed by atoms with Crippen LogP contribution >= 0.6 is 10.7 Å². The summed E-state index contributed by atoms with van der Waals surface area (Å²) in [6.45, 7) is 9.36. The molecule has 0 aliphatic carbocycles. The average Bonchev–Trinajstić information content (AvgIpc) is 2.21. The van der Waals surface area contributed by atoms with Gasteiger partial charge in [0.25, 0.3) is 0 Å². The Morgan fingerprint density at radius 3 is 2.12 bits per heavy atom. The molecule has 0 N–H and O–H groups in total. The van der Waals surface area contributed by atoms with E-state index in [-0.39, 0.29) is 5.75 Å². The summed E-state index contributed by atoms with van der Waals surface area (Å²) in [5.74, 6) is 0.793. The van der Waals surface area contributed by atoms with Crippen LogP contribution in [-0.2, 0) is 9.05 Å². The Bertz CT molecular complexity index is 263. The summed E-state index contributed by atoms with van der Waals surface area (Å²) in [4.78, 5) is 2.31. The molecule has 5 heteroatoms. The first-order chi connectivity index (χ1) is 7.42. The van der Waals surface area contributed by atoms with Gasteiger partial charge in [-0.05, 0) is 25.4 Å². The summed E-state index contributed by atoms with van der Waals surface area (Å²) < 4.78 is 21.6. The molecule has 0 atom stereocenters. The molecule has 0 radical (unpaired) electrons. The molecule has 0 spiro atoms. The van der Waals surface area contributed by atoms with E-state index in [1.807, 2.05) is 0 Å². The highest BCUT2D eigenvalue weighted by molar-refractivity contribution is 8.13. The average molecular weight is 270 g/mol. The SMILES string of the molecule is CCC(CC)CN(CC)CCCS(=O)(=O)Cl. The maximum atomic E-state index is 10.8. The van der Waals surface area contributed by atoms with Crippen LogP contribution in [0.15, 0.2) is 0 Å². The van der Waals surface area contributed by atoms with Gasteiger partial charge in [-0.3, -0.25) is 0 Å². The van der Waals surface area contributed by atoms with Gasteiger partial charge in [-0.2, -0.15) is 0 Å². The molecule has 0 heterocycles. The van der Waals surface area contributed by atoms with Crippen LogP contribution in [0.1, 0.15) is 40.0 Å². The van der Waals surface area contributed by atoms with Crippen LogP contribution in [0.5, 0.6) is 0 Å². The predicted molar refractivity (Wildman–Crippen MR) is 70.4 cm³/mol. The second-order valence-corrected chi connectivity index (χ2v) is 7.07. The van der Waals surface area contributed by atoms with Gasteiger partial charge in [-0.25, -0.2) is 8.42 Å². The topological polar surface area (TPSA) is 37.4 Å². The second-order valence-electron chi connectivity index (χ2n) is 4.17. The lowest BCUT2D eigenvalue weighted by molar-refractivity contribution is 0.234. The molecule has 0 unspecified atom stereocenters. The Labute approximate surface area is 105 Å². The first kappa shape index (κ1) is 16.2. The molecular weight excluding hydrogens is 246 g/mol. The van der Waals surface area contributed by atoms with E-state index in [0.717, 1.165) is 19.6 Å². The van der Waals surface area contributed by atoms with Crippen molar-refractivity contribution in [3.05, 3.63) is 0 Å². The van der Waals surface area contributed by atoms with Crippen LogP contribution in [0.25, 0.3) is 0 Å². The number of rotatable bonds is 9. The van der Waals surface area contributed by atoms with E-state index in [9.17, 15) is 8.42 Å². The number of hydrogen-bond acceptors (Lipinski definition) is 3. The molecule has 0 saturated carbocycles. The molecule has 0 aromatic carbocycles. The molecule has 0 aromatic heterocycles. The van der Waals surface area contributed by atoms with E-state index in [2.05, 4.69) is 25.7 Å². The lowest BCUT2D eigenvalue weighted by Crippen LogP contribution is -2.30. The quantitative estimate of drug-likeness (QED) is 0.604. The highest BCUT2D eigenvalue weighted by Gasteiger charge is 2.11. The minimum atomic E-state index is -3.32. The van der Waals surface area contributed by atoms with Gasteiger partial charge in [0.1, 0.15) is 0 Å². The highest BCUT2D eigenvalue weighted by atomic mass is 35.7. The smallest absolute Gasteiger partial charge is 0.232 e. The van der Waals surface area contributed by atoms with Crippen LogP contribution in [-0.4, -0.2) is 38.7 Å². The molecule has 0 fully saturated rings. The summed E-state index contributed by atoms with van der Waals surface area (Å²) in [6.07, 6.45) is 2.99. The summed E-state index contributed by atoms with van der Waals surface area (Å²) in [6, 6.07) is 0. The molecule has 16 heavy (non-hydrogen) atoms. The van der Waals surface area contributed by atoms with E-state index in [4.69, 9.17) is 10.7 Å². The molecular formula is C11H24ClNO2S.